The van der Waals surface area contributed by atoms with Crippen molar-refractivity contribution in [2.24, 2.45) is 17.8 Å². The maximum atomic E-state index is 10.4. The normalized spacial score (nSPS) is 26.1. The van der Waals surface area contributed by atoms with Crippen molar-refractivity contribution in [2.45, 2.75) is 58.8 Å². The van der Waals surface area contributed by atoms with Crippen molar-refractivity contribution >= 4 is 11.0 Å². The van der Waals surface area contributed by atoms with Gasteiger partial charge >= 0.3 is 0 Å². The van der Waals surface area contributed by atoms with Crippen LogP contribution in [0.5, 0.6) is 0 Å². The molecule has 24 heavy (non-hydrogen) atoms. The van der Waals surface area contributed by atoms with Gasteiger partial charge in [-0.1, -0.05) is 39.3 Å². The smallest absolute Gasteiger partial charge is 0.0959 e. The second kappa shape index (κ2) is 7.66. The number of nitrogens with zero attached hydrogens (tertiary/aromatic N) is 2. The zero-order valence-corrected chi connectivity index (χ0v) is 15.1. The molecule has 0 aliphatic heterocycles. The summed E-state index contributed by atoms with van der Waals surface area (Å²) in [5.41, 5.74) is 2.02. The van der Waals surface area contributed by atoms with Gasteiger partial charge in [0.15, 0.2) is 0 Å². The van der Waals surface area contributed by atoms with Crippen LogP contribution in [0.15, 0.2) is 30.6 Å². The largest absolute Gasteiger partial charge is 0.389 e. The topological polar surface area (TPSA) is 47.3 Å². The summed E-state index contributed by atoms with van der Waals surface area (Å²) in [5, 5.41) is 10.4. The van der Waals surface area contributed by atoms with E-state index in [0.717, 1.165) is 23.4 Å². The third kappa shape index (κ3) is 3.98. The Morgan fingerprint density at radius 1 is 1.29 bits per heavy atom. The number of aromatic nitrogens is 2. The minimum absolute atomic E-state index is 0.280. The predicted octanol–water partition coefficient (Wildman–Crippen LogP) is 3.87. The Hall–Kier alpha value is -1.39. The number of ether oxygens (including phenoxy) is 1. The van der Waals surface area contributed by atoms with Crippen molar-refractivity contribution in [1.29, 1.82) is 0 Å². The minimum Gasteiger partial charge on any atom is -0.389 e. The molecule has 1 N–H and O–H groups in total. The van der Waals surface area contributed by atoms with Gasteiger partial charge < -0.3 is 14.4 Å². The molecule has 0 bridgehead atoms. The third-order valence-corrected chi connectivity index (χ3v) is 5.40. The first-order valence-corrected chi connectivity index (χ1v) is 9.24. The van der Waals surface area contributed by atoms with E-state index < -0.39 is 6.10 Å². The van der Waals surface area contributed by atoms with Crippen LogP contribution in [0.2, 0.25) is 0 Å². The fraction of sp³-hybridized carbons (Fsp3) is 0.650. The van der Waals surface area contributed by atoms with Crippen LogP contribution < -0.4 is 0 Å². The summed E-state index contributed by atoms with van der Waals surface area (Å²) < 4.78 is 8.17. The van der Waals surface area contributed by atoms with Crippen molar-refractivity contribution in [3.8, 4) is 0 Å². The van der Waals surface area contributed by atoms with Crippen LogP contribution >= 0.6 is 0 Å². The van der Waals surface area contributed by atoms with Gasteiger partial charge in [0.2, 0.25) is 0 Å². The van der Waals surface area contributed by atoms with E-state index >= 15 is 0 Å². The molecule has 0 amide bonds. The third-order valence-electron chi connectivity index (χ3n) is 5.40. The van der Waals surface area contributed by atoms with E-state index in [1.165, 1.54) is 12.8 Å². The number of rotatable bonds is 6. The highest BCUT2D eigenvalue weighted by atomic mass is 16.5. The molecule has 2 aromatic rings. The van der Waals surface area contributed by atoms with Gasteiger partial charge in [-0.2, -0.15) is 0 Å². The molecule has 3 rings (SSSR count). The van der Waals surface area contributed by atoms with Gasteiger partial charge in [0.1, 0.15) is 0 Å². The number of hydrogen-bond donors (Lipinski definition) is 1. The highest BCUT2D eigenvalue weighted by molar-refractivity contribution is 5.74. The van der Waals surface area contributed by atoms with E-state index in [2.05, 4.69) is 25.8 Å². The van der Waals surface area contributed by atoms with E-state index in [-0.39, 0.29) is 6.10 Å². The van der Waals surface area contributed by atoms with Crippen molar-refractivity contribution in [1.82, 2.24) is 9.55 Å². The van der Waals surface area contributed by atoms with Gasteiger partial charge in [0.25, 0.3) is 0 Å². The average Bonchev–Trinajstić information content (AvgIpc) is 2.96. The van der Waals surface area contributed by atoms with E-state index in [1.807, 2.05) is 28.8 Å². The van der Waals surface area contributed by atoms with Crippen LogP contribution in [-0.2, 0) is 11.3 Å². The Labute approximate surface area is 144 Å². The van der Waals surface area contributed by atoms with Crippen LogP contribution in [0.25, 0.3) is 11.0 Å². The number of benzene rings is 1. The average molecular weight is 330 g/mol. The Kier molecular flexibility index (Phi) is 5.57. The van der Waals surface area contributed by atoms with Crippen molar-refractivity contribution in [3.63, 3.8) is 0 Å². The summed E-state index contributed by atoms with van der Waals surface area (Å²) in [5.74, 6) is 1.97. The number of imidazole rings is 1. The molecule has 1 heterocycles. The first-order valence-electron chi connectivity index (χ1n) is 9.24. The molecule has 1 fully saturated rings. The standard InChI is InChI=1S/C20H30N2O2/c1-14(2)17-9-8-15(3)10-20(17)24-12-16(23)11-22-13-21-18-6-4-5-7-19(18)22/h4-7,13-17,20,23H,8-12H2,1-3H3/t15-,16+,17+,20+/m0/s1. The quantitative estimate of drug-likeness (QED) is 0.874. The van der Waals surface area contributed by atoms with Crippen molar-refractivity contribution < 1.29 is 9.84 Å². The van der Waals surface area contributed by atoms with Crippen molar-refractivity contribution in [3.05, 3.63) is 30.6 Å². The van der Waals surface area contributed by atoms with Crippen molar-refractivity contribution in [2.75, 3.05) is 6.61 Å². The highest BCUT2D eigenvalue weighted by Crippen LogP contribution is 2.35. The molecule has 1 aliphatic rings. The monoisotopic (exact) mass is 330 g/mol. The van der Waals surface area contributed by atoms with Gasteiger partial charge in [-0.05, 0) is 42.7 Å². The van der Waals surface area contributed by atoms with E-state index in [0.29, 0.717) is 25.0 Å². The van der Waals surface area contributed by atoms with E-state index in [4.69, 9.17) is 4.74 Å². The maximum Gasteiger partial charge on any atom is 0.0959 e. The number of para-hydroxylation sites is 2. The second-order valence-electron chi connectivity index (χ2n) is 7.74. The van der Waals surface area contributed by atoms with Gasteiger partial charge in [0.05, 0.1) is 42.7 Å². The van der Waals surface area contributed by atoms with Crippen LogP contribution in [0, 0.1) is 17.8 Å². The zero-order chi connectivity index (χ0) is 17.1. The number of aliphatic hydroxyl groups is 1. The van der Waals surface area contributed by atoms with E-state index in [9.17, 15) is 5.11 Å². The number of hydrogen-bond acceptors (Lipinski definition) is 3. The molecule has 1 saturated carbocycles. The lowest BCUT2D eigenvalue weighted by atomic mass is 9.75. The van der Waals surface area contributed by atoms with Gasteiger partial charge in [-0.15, -0.1) is 0 Å². The predicted molar refractivity (Wildman–Crippen MR) is 96.8 cm³/mol. The lowest BCUT2D eigenvalue weighted by molar-refractivity contribution is -0.0714. The van der Waals surface area contributed by atoms with Crippen LogP contribution in [0.1, 0.15) is 40.0 Å². The first-order chi connectivity index (χ1) is 11.5. The van der Waals surface area contributed by atoms with Gasteiger partial charge in [-0.3, -0.25) is 0 Å². The fourth-order valence-electron chi connectivity index (χ4n) is 3.98. The molecule has 0 spiro atoms. The van der Waals surface area contributed by atoms with Crippen LogP contribution in [0.3, 0.4) is 0 Å². The number of aliphatic hydroxyl groups excluding tert-OH is 1. The van der Waals surface area contributed by atoms with Gasteiger partial charge in [0, 0.05) is 0 Å². The summed E-state index contributed by atoms with van der Waals surface area (Å²) in [6.07, 6.45) is 5.23. The Morgan fingerprint density at radius 2 is 2.08 bits per heavy atom. The molecule has 0 radical (unpaired) electrons. The van der Waals surface area contributed by atoms with Crippen LogP contribution in [0.4, 0.5) is 0 Å². The minimum atomic E-state index is -0.507. The molecule has 1 aliphatic carbocycles. The molecule has 1 aromatic heterocycles. The second-order valence-corrected chi connectivity index (χ2v) is 7.74. The highest BCUT2D eigenvalue weighted by Gasteiger charge is 2.31. The maximum absolute atomic E-state index is 10.4. The lowest BCUT2D eigenvalue weighted by Gasteiger charge is -2.37. The summed E-state index contributed by atoms with van der Waals surface area (Å²) in [6, 6.07) is 8.01. The number of fused-ring (bicyclic) bond motifs is 1. The molecule has 4 atom stereocenters. The Balaban J connectivity index is 1.57. The van der Waals surface area contributed by atoms with Gasteiger partial charge in [-0.25, -0.2) is 4.98 Å². The molecule has 0 saturated heterocycles. The molecule has 4 nitrogen and oxygen atoms in total. The first kappa shape index (κ1) is 17.4. The fourth-order valence-corrected chi connectivity index (χ4v) is 3.98. The molecular weight excluding hydrogens is 300 g/mol. The van der Waals surface area contributed by atoms with Crippen LogP contribution in [-0.4, -0.2) is 33.5 Å². The molecule has 132 valence electrons. The van der Waals surface area contributed by atoms with E-state index in [1.54, 1.807) is 6.33 Å². The Bertz CT molecular complexity index is 652. The zero-order valence-electron chi connectivity index (χ0n) is 15.1. The summed E-state index contributed by atoms with van der Waals surface area (Å²) in [4.78, 5) is 4.38. The summed E-state index contributed by atoms with van der Waals surface area (Å²) >= 11 is 0. The lowest BCUT2D eigenvalue weighted by Crippen LogP contribution is -2.36. The molecule has 1 aromatic carbocycles. The SMILES string of the molecule is CC(C)[C@H]1CC[C@H](C)C[C@H]1OC[C@H](O)Cn1cnc2ccccc21. The summed E-state index contributed by atoms with van der Waals surface area (Å²) in [6.45, 7) is 7.79. The Morgan fingerprint density at radius 3 is 2.88 bits per heavy atom. The molecule has 4 heteroatoms. The molecular formula is C20H30N2O2. The summed E-state index contributed by atoms with van der Waals surface area (Å²) in [7, 11) is 0. The molecule has 0 unspecified atom stereocenters.